The molecule has 21 heavy (non-hydrogen) atoms. The minimum Gasteiger partial charge on any atom is -0.396 e. The van der Waals surface area contributed by atoms with E-state index >= 15 is 0 Å². The van der Waals surface area contributed by atoms with Gasteiger partial charge in [0.1, 0.15) is 0 Å². The minimum absolute atomic E-state index is 0.0152. The molecule has 0 spiro atoms. The molecule has 1 aromatic rings. The maximum absolute atomic E-state index is 12.2. The van der Waals surface area contributed by atoms with Crippen molar-refractivity contribution in [3.05, 3.63) is 24.3 Å². The minimum atomic E-state index is -3.79. The summed E-state index contributed by atoms with van der Waals surface area (Å²) in [7, 11) is -6.11. The van der Waals surface area contributed by atoms with Crippen LogP contribution in [0.4, 0.5) is 0 Å². The van der Waals surface area contributed by atoms with Crippen LogP contribution < -0.4 is 9.44 Å². The monoisotopic (exact) mass is 336 g/mol. The Morgan fingerprint density at radius 2 is 1.43 bits per heavy atom. The van der Waals surface area contributed by atoms with Crippen LogP contribution in [0.3, 0.4) is 0 Å². The van der Waals surface area contributed by atoms with E-state index in [-0.39, 0.29) is 22.8 Å². The van der Waals surface area contributed by atoms with Crippen LogP contribution in [-0.4, -0.2) is 41.1 Å². The predicted octanol–water partition coefficient (Wildman–Crippen LogP) is 0.0340. The first-order chi connectivity index (χ1) is 9.54. The van der Waals surface area contributed by atoms with Crippen LogP contribution in [0.25, 0.3) is 0 Å². The molecular formula is C12H20N2O5S2. The molecule has 1 aromatic carbocycles. The Morgan fingerprint density at radius 3 is 1.81 bits per heavy atom. The average molecular weight is 336 g/mol. The second-order valence-corrected chi connectivity index (χ2v) is 8.71. The molecule has 0 amide bonds. The van der Waals surface area contributed by atoms with Crippen LogP contribution in [0.5, 0.6) is 0 Å². The van der Waals surface area contributed by atoms with E-state index in [4.69, 9.17) is 5.11 Å². The lowest BCUT2D eigenvalue weighted by molar-refractivity contribution is 0.245. The molecule has 0 fully saturated rings. The van der Waals surface area contributed by atoms with Gasteiger partial charge < -0.3 is 5.11 Å². The van der Waals surface area contributed by atoms with Gasteiger partial charge in [-0.15, -0.1) is 0 Å². The number of hydrogen-bond donors (Lipinski definition) is 3. The van der Waals surface area contributed by atoms with Gasteiger partial charge in [-0.1, -0.05) is 0 Å². The third-order valence-corrected chi connectivity index (χ3v) is 6.00. The van der Waals surface area contributed by atoms with Gasteiger partial charge in [0.25, 0.3) is 0 Å². The molecule has 0 heterocycles. The van der Waals surface area contributed by atoms with E-state index in [2.05, 4.69) is 9.44 Å². The first-order valence-electron chi connectivity index (χ1n) is 6.22. The summed E-state index contributed by atoms with van der Waals surface area (Å²) in [5.41, 5.74) is -0.802. The number of hydrogen-bond acceptors (Lipinski definition) is 5. The van der Waals surface area contributed by atoms with E-state index in [0.29, 0.717) is 0 Å². The smallest absolute Gasteiger partial charge is 0.241 e. The lowest BCUT2D eigenvalue weighted by atomic mass is 10.0. The fraction of sp³-hybridized carbons (Fsp3) is 0.500. The first kappa shape index (κ1) is 18.1. The molecule has 0 saturated carbocycles. The Hall–Kier alpha value is -1.00. The summed E-state index contributed by atoms with van der Waals surface area (Å²) in [6.07, 6.45) is 0.262. The zero-order chi connectivity index (χ0) is 16.3. The molecule has 0 saturated heterocycles. The summed E-state index contributed by atoms with van der Waals surface area (Å²) in [6, 6.07) is 4.89. The Labute approximate surface area is 125 Å². The van der Waals surface area contributed by atoms with Gasteiger partial charge in [-0.05, 0) is 51.6 Å². The Bertz CT molecular complexity index is 679. The second-order valence-electron chi connectivity index (χ2n) is 5.14. The molecular weight excluding hydrogens is 316 g/mol. The standard InChI is InChI=1S/C12H20N2O5S2/c1-12(2,8-9-15)14-21(18,19)11-6-4-10(5-7-11)20(16,17)13-3/h4-7,13-15H,8-9H2,1-3H3. The van der Waals surface area contributed by atoms with Crippen LogP contribution in [0.2, 0.25) is 0 Å². The molecule has 0 radical (unpaired) electrons. The summed E-state index contributed by atoms with van der Waals surface area (Å²) >= 11 is 0. The van der Waals surface area contributed by atoms with Crippen molar-refractivity contribution < 1.29 is 21.9 Å². The van der Waals surface area contributed by atoms with Crippen molar-refractivity contribution in [3.8, 4) is 0 Å². The summed E-state index contributed by atoms with van der Waals surface area (Å²) in [5.74, 6) is 0. The predicted molar refractivity (Wildman–Crippen MR) is 78.8 cm³/mol. The molecule has 0 aliphatic carbocycles. The highest BCUT2D eigenvalue weighted by Gasteiger charge is 2.26. The van der Waals surface area contributed by atoms with Crippen molar-refractivity contribution in [1.82, 2.24) is 9.44 Å². The lowest BCUT2D eigenvalue weighted by Crippen LogP contribution is -2.43. The van der Waals surface area contributed by atoms with Gasteiger partial charge in [0.05, 0.1) is 9.79 Å². The van der Waals surface area contributed by atoms with Crippen molar-refractivity contribution in [2.24, 2.45) is 0 Å². The Balaban J connectivity index is 3.06. The lowest BCUT2D eigenvalue weighted by Gasteiger charge is -2.25. The molecule has 9 heteroatoms. The van der Waals surface area contributed by atoms with E-state index in [1.54, 1.807) is 13.8 Å². The van der Waals surface area contributed by atoms with E-state index in [0.717, 1.165) is 0 Å². The zero-order valence-corrected chi connectivity index (χ0v) is 13.8. The summed E-state index contributed by atoms with van der Waals surface area (Å²) < 4.78 is 52.2. The Kier molecular flexibility index (Phi) is 5.51. The molecule has 0 aliphatic heterocycles. The van der Waals surface area contributed by atoms with Gasteiger partial charge >= 0.3 is 0 Å². The highest BCUT2D eigenvalue weighted by molar-refractivity contribution is 7.90. The molecule has 3 N–H and O–H groups in total. The Morgan fingerprint density at radius 1 is 1.00 bits per heavy atom. The molecule has 0 atom stereocenters. The average Bonchev–Trinajstić information content (AvgIpc) is 2.37. The number of benzene rings is 1. The summed E-state index contributed by atoms with van der Waals surface area (Å²) in [5, 5.41) is 8.91. The summed E-state index contributed by atoms with van der Waals surface area (Å²) in [4.78, 5) is -0.0536. The third kappa shape index (κ3) is 4.75. The maximum atomic E-state index is 12.2. The molecule has 1 rings (SSSR count). The van der Waals surface area contributed by atoms with Gasteiger partial charge in [-0.2, -0.15) is 0 Å². The van der Waals surface area contributed by atoms with E-state index in [1.165, 1.54) is 31.3 Å². The normalized spacial score (nSPS) is 13.3. The van der Waals surface area contributed by atoms with Crippen LogP contribution in [-0.2, 0) is 20.0 Å². The SMILES string of the molecule is CNS(=O)(=O)c1ccc(S(=O)(=O)NC(C)(C)CCO)cc1. The highest BCUT2D eigenvalue weighted by Crippen LogP contribution is 2.17. The van der Waals surface area contributed by atoms with E-state index < -0.39 is 25.6 Å². The zero-order valence-electron chi connectivity index (χ0n) is 12.1. The number of nitrogens with one attached hydrogen (secondary N) is 2. The molecule has 0 aliphatic rings. The number of rotatable bonds is 7. The highest BCUT2D eigenvalue weighted by atomic mass is 32.2. The van der Waals surface area contributed by atoms with Gasteiger partial charge in [0, 0.05) is 12.1 Å². The quantitative estimate of drug-likeness (QED) is 0.650. The van der Waals surface area contributed by atoms with Gasteiger partial charge in [-0.3, -0.25) is 0 Å². The molecule has 7 nitrogen and oxygen atoms in total. The van der Waals surface area contributed by atoms with E-state index in [9.17, 15) is 16.8 Å². The van der Waals surface area contributed by atoms with Gasteiger partial charge in [0.2, 0.25) is 20.0 Å². The maximum Gasteiger partial charge on any atom is 0.241 e. The molecule has 0 unspecified atom stereocenters. The second kappa shape index (κ2) is 6.41. The van der Waals surface area contributed by atoms with Crippen molar-refractivity contribution in [2.45, 2.75) is 35.6 Å². The van der Waals surface area contributed by atoms with Crippen LogP contribution >= 0.6 is 0 Å². The van der Waals surface area contributed by atoms with Gasteiger partial charge in [-0.25, -0.2) is 26.3 Å². The van der Waals surface area contributed by atoms with Crippen molar-refractivity contribution >= 4 is 20.0 Å². The first-order valence-corrected chi connectivity index (χ1v) is 9.19. The van der Waals surface area contributed by atoms with Crippen molar-refractivity contribution in [1.29, 1.82) is 0 Å². The fourth-order valence-corrected chi connectivity index (χ4v) is 3.84. The van der Waals surface area contributed by atoms with Gasteiger partial charge in [0.15, 0.2) is 0 Å². The third-order valence-electron chi connectivity index (χ3n) is 2.86. The van der Waals surface area contributed by atoms with Crippen molar-refractivity contribution in [2.75, 3.05) is 13.7 Å². The summed E-state index contributed by atoms with van der Waals surface area (Å²) in [6.45, 7) is 3.16. The van der Waals surface area contributed by atoms with Crippen LogP contribution in [0.1, 0.15) is 20.3 Å². The topological polar surface area (TPSA) is 113 Å². The number of aliphatic hydroxyl groups is 1. The number of aliphatic hydroxyl groups excluding tert-OH is 1. The van der Waals surface area contributed by atoms with Crippen LogP contribution in [0.15, 0.2) is 34.1 Å². The molecule has 0 aromatic heterocycles. The fourth-order valence-electron chi connectivity index (χ4n) is 1.67. The van der Waals surface area contributed by atoms with Crippen molar-refractivity contribution in [3.63, 3.8) is 0 Å². The molecule has 120 valence electrons. The van der Waals surface area contributed by atoms with E-state index in [1.807, 2.05) is 0 Å². The number of sulfonamides is 2. The molecule has 0 bridgehead atoms. The largest absolute Gasteiger partial charge is 0.396 e. The van der Waals surface area contributed by atoms with Crippen LogP contribution in [0, 0.1) is 0 Å².